The van der Waals surface area contributed by atoms with Crippen molar-refractivity contribution in [1.82, 2.24) is 15.2 Å². The van der Waals surface area contributed by atoms with Crippen LogP contribution in [0, 0.1) is 5.82 Å². The fourth-order valence-corrected chi connectivity index (χ4v) is 3.47. The van der Waals surface area contributed by atoms with Gasteiger partial charge in [-0.25, -0.2) is 14.1 Å². The zero-order valence-electron chi connectivity index (χ0n) is 14.6. The van der Waals surface area contributed by atoms with Crippen LogP contribution in [0.4, 0.5) is 9.18 Å². The van der Waals surface area contributed by atoms with Crippen molar-refractivity contribution < 1.29 is 18.8 Å². The number of carbonyl (C=O) groups excluding carboxylic acids is 3. The highest BCUT2D eigenvalue weighted by atomic mass is 35.5. The van der Waals surface area contributed by atoms with Crippen LogP contribution in [0.5, 0.6) is 0 Å². The van der Waals surface area contributed by atoms with Gasteiger partial charge >= 0.3 is 6.03 Å². The zero-order chi connectivity index (χ0) is 20.7. The number of halogens is 3. The minimum Gasteiger partial charge on any atom is -0.358 e. The second-order valence-electron chi connectivity index (χ2n) is 6.32. The van der Waals surface area contributed by atoms with E-state index < -0.39 is 23.8 Å². The van der Waals surface area contributed by atoms with Crippen molar-refractivity contribution in [1.29, 1.82) is 0 Å². The smallest absolute Gasteiger partial charge is 0.329 e. The largest absolute Gasteiger partial charge is 0.358 e. The second kappa shape index (κ2) is 7.35. The Labute approximate surface area is 173 Å². The van der Waals surface area contributed by atoms with Crippen molar-refractivity contribution in [3.05, 3.63) is 75.3 Å². The maximum Gasteiger partial charge on any atom is 0.329 e. The SMILES string of the molecule is O=CC(c1ccc(Cl)cc1)N1C(=O)NC(=Cc2c[nH]c3c(F)c(Cl)ccc23)C1=O. The molecule has 1 atom stereocenters. The molecule has 0 bridgehead atoms. The lowest BCUT2D eigenvalue weighted by molar-refractivity contribution is -0.128. The van der Waals surface area contributed by atoms with E-state index in [1.807, 2.05) is 0 Å². The maximum atomic E-state index is 14.1. The third kappa shape index (κ3) is 3.28. The summed E-state index contributed by atoms with van der Waals surface area (Å²) in [7, 11) is 0. The summed E-state index contributed by atoms with van der Waals surface area (Å²) >= 11 is 11.6. The first kappa shape index (κ1) is 19.2. The molecule has 3 aromatic rings. The molecule has 9 heteroatoms. The Morgan fingerprint density at radius 2 is 1.79 bits per heavy atom. The lowest BCUT2D eigenvalue weighted by Gasteiger charge is -2.19. The molecule has 1 aliphatic heterocycles. The Morgan fingerprint density at radius 3 is 2.48 bits per heavy atom. The number of aldehydes is 1. The normalized spacial score (nSPS) is 16.5. The second-order valence-corrected chi connectivity index (χ2v) is 7.17. The third-order valence-corrected chi connectivity index (χ3v) is 5.15. The molecular weight excluding hydrogens is 420 g/mol. The van der Waals surface area contributed by atoms with Crippen LogP contribution in [0.1, 0.15) is 17.2 Å². The van der Waals surface area contributed by atoms with Gasteiger partial charge in [-0.2, -0.15) is 0 Å². The minimum atomic E-state index is -1.11. The number of amides is 3. The number of nitrogens with zero attached hydrogens (tertiary/aromatic N) is 1. The molecule has 1 aliphatic rings. The molecular formula is C20H12Cl2FN3O3. The van der Waals surface area contributed by atoms with Gasteiger partial charge in [-0.15, -0.1) is 0 Å². The monoisotopic (exact) mass is 431 g/mol. The van der Waals surface area contributed by atoms with Crippen LogP contribution >= 0.6 is 23.2 Å². The Balaban J connectivity index is 1.70. The van der Waals surface area contributed by atoms with E-state index in [9.17, 15) is 18.8 Å². The summed E-state index contributed by atoms with van der Waals surface area (Å²) < 4.78 is 14.1. The topological polar surface area (TPSA) is 82.3 Å². The van der Waals surface area contributed by atoms with Crippen molar-refractivity contribution in [3.63, 3.8) is 0 Å². The molecule has 1 fully saturated rings. The third-order valence-electron chi connectivity index (χ3n) is 4.61. The van der Waals surface area contributed by atoms with E-state index in [1.54, 1.807) is 30.3 Å². The van der Waals surface area contributed by atoms with Crippen molar-refractivity contribution in [2.75, 3.05) is 0 Å². The van der Waals surface area contributed by atoms with Gasteiger partial charge in [0.1, 0.15) is 18.0 Å². The molecule has 0 saturated carbocycles. The van der Waals surface area contributed by atoms with E-state index in [1.165, 1.54) is 18.3 Å². The summed E-state index contributed by atoms with van der Waals surface area (Å²) in [4.78, 5) is 40.5. The molecule has 6 nitrogen and oxygen atoms in total. The van der Waals surface area contributed by atoms with Gasteiger partial charge in [0.15, 0.2) is 5.82 Å². The number of fused-ring (bicyclic) bond motifs is 1. The quantitative estimate of drug-likeness (QED) is 0.363. The van der Waals surface area contributed by atoms with E-state index in [0.717, 1.165) is 4.90 Å². The molecule has 2 heterocycles. The van der Waals surface area contributed by atoms with E-state index >= 15 is 0 Å². The van der Waals surface area contributed by atoms with Gasteiger partial charge in [0.2, 0.25) is 0 Å². The molecule has 29 heavy (non-hydrogen) atoms. The van der Waals surface area contributed by atoms with Gasteiger partial charge in [0.05, 0.1) is 10.5 Å². The Bertz CT molecular complexity index is 1190. The van der Waals surface area contributed by atoms with Gasteiger partial charge in [0.25, 0.3) is 5.91 Å². The van der Waals surface area contributed by atoms with Crippen molar-refractivity contribution in [2.24, 2.45) is 0 Å². The van der Waals surface area contributed by atoms with Crippen molar-refractivity contribution in [2.45, 2.75) is 6.04 Å². The van der Waals surface area contributed by atoms with E-state index in [0.29, 0.717) is 27.8 Å². The molecule has 2 aromatic carbocycles. The van der Waals surface area contributed by atoms with Crippen LogP contribution in [-0.2, 0) is 9.59 Å². The summed E-state index contributed by atoms with van der Waals surface area (Å²) in [6.07, 6.45) is 3.42. The van der Waals surface area contributed by atoms with Crippen LogP contribution in [0.2, 0.25) is 10.0 Å². The lowest BCUT2D eigenvalue weighted by atomic mass is 10.1. The predicted octanol–water partition coefficient (Wildman–Crippen LogP) is 4.45. The molecule has 3 amide bonds. The molecule has 1 saturated heterocycles. The molecule has 4 rings (SSSR count). The molecule has 0 radical (unpaired) electrons. The highest BCUT2D eigenvalue weighted by molar-refractivity contribution is 6.31. The van der Waals surface area contributed by atoms with Crippen LogP contribution in [0.3, 0.4) is 0 Å². The number of imide groups is 1. The Kier molecular flexibility index (Phi) is 4.86. The fraction of sp³-hybridized carbons (Fsp3) is 0.0500. The van der Waals surface area contributed by atoms with Gasteiger partial charge < -0.3 is 15.1 Å². The lowest BCUT2D eigenvalue weighted by Crippen LogP contribution is -2.35. The highest BCUT2D eigenvalue weighted by Gasteiger charge is 2.39. The summed E-state index contributed by atoms with van der Waals surface area (Å²) in [5, 5.41) is 3.37. The number of hydrogen-bond donors (Lipinski definition) is 2. The highest BCUT2D eigenvalue weighted by Crippen LogP contribution is 2.30. The van der Waals surface area contributed by atoms with E-state index in [4.69, 9.17) is 23.2 Å². The van der Waals surface area contributed by atoms with Gasteiger partial charge in [0, 0.05) is 22.2 Å². The first-order valence-electron chi connectivity index (χ1n) is 8.43. The zero-order valence-corrected chi connectivity index (χ0v) is 16.1. The van der Waals surface area contributed by atoms with Gasteiger partial charge in [-0.3, -0.25) is 4.79 Å². The molecule has 146 valence electrons. The number of H-pyrrole nitrogens is 1. The minimum absolute atomic E-state index is 0.0351. The Hall–Kier alpha value is -3.16. The number of carbonyl (C=O) groups is 3. The molecule has 0 spiro atoms. The van der Waals surface area contributed by atoms with Crippen LogP contribution < -0.4 is 5.32 Å². The summed E-state index contributed by atoms with van der Waals surface area (Å²) in [5.74, 6) is -1.29. The number of rotatable bonds is 4. The molecule has 1 unspecified atom stereocenters. The number of aromatic nitrogens is 1. The number of urea groups is 1. The first-order valence-corrected chi connectivity index (χ1v) is 9.18. The summed E-state index contributed by atoms with van der Waals surface area (Å²) in [6.45, 7) is 0. The average Bonchev–Trinajstić information content (AvgIpc) is 3.23. The average molecular weight is 432 g/mol. The van der Waals surface area contributed by atoms with Gasteiger partial charge in [-0.1, -0.05) is 41.4 Å². The predicted molar refractivity (Wildman–Crippen MR) is 107 cm³/mol. The van der Waals surface area contributed by atoms with Crippen molar-refractivity contribution >= 4 is 58.4 Å². The number of nitrogens with one attached hydrogen (secondary N) is 2. The number of benzene rings is 2. The fourth-order valence-electron chi connectivity index (χ4n) is 3.18. The van der Waals surface area contributed by atoms with Crippen LogP contribution in [-0.4, -0.2) is 28.1 Å². The van der Waals surface area contributed by atoms with E-state index in [-0.39, 0.29) is 16.2 Å². The molecule has 1 aromatic heterocycles. The molecule has 0 aliphatic carbocycles. The standard InChI is InChI=1S/C20H12Cl2FN3O3/c21-12-3-1-10(2-4-12)16(9-27)26-19(28)15(25-20(26)29)7-11-8-24-18-13(11)5-6-14(22)17(18)23/h1-9,16,24H,(H,25,29). The maximum absolute atomic E-state index is 14.1. The van der Waals surface area contributed by atoms with Crippen LogP contribution in [0.25, 0.3) is 17.0 Å². The van der Waals surface area contributed by atoms with Gasteiger partial charge in [-0.05, 0) is 29.8 Å². The number of hydrogen-bond acceptors (Lipinski definition) is 3. The summed E-state index contributed by atoms with van der Waals surface area (Å²) in [6, 6.07) is 7.42. The first-order chi connectivity index (χ1) is 13.9. The molecule has 2 N–H and O–H groups in total. The van der Waals surface area contributed by atoms with E-state index in [2.05, 4.69) is 10.3 Å². The van der Waals surface area contributed by atoms with Crippen LogP contribution in [0.15, 0.2) is 48.3 Å². The van der Waals surface area contributed by atoms with Crippen molar-refractivity contribution in [3.8, 4) is 0 Å². The Morgan fingerprint density at radius 1 is 1.07 bits per heavy atom. The number of aromatic amines is 1. The summed E-state index contributed by atoms with van der Waals surface area (Å²) in [5.41, 5.74) is 1.07.